The van der Waals surface area contributed by atoms with E-state index in [1.54, 1.807) is 0 Å². The summed E-state index contributed by atoms with van der Waals surface area (Å²) in [5.41, 5.74) is 0. The predicted octanol–water partition coefficient (Wildman–Crippen LogP) is 4.72. The Morgan fingerprint density at radius 2 is 1.22 bits per heavy atom. The third kappa shape index (κ3) is 18.4. The van der Waals surface area contributed by atoms with Crippen molar-refractivity contribution in [1.82, 2.24) is 5.32 Å². The van der Waals surface area contributed by atoms with E-state index < -0.39 is 25.6 Å². The minimum absolute atomic E-state index is 0.232. The molecule has 0 unspecified atom stereocenters. The van der Waals surface area contributed by atoms with Crippen molar-refractivity contribution in [3.63, 3.8) is 0 Å². The molecule has 0 aliphatic heterocycles. The van der Waals surface area contributed by atoms with Gasteiger partial charge in [0, 0.05) is 6.42 Å². The van der Waals surface area contributed by atoms with Gasteiger partial charge in [-0.05, 0) is 13.3 Å². The van der Waals surface area contributed by atoms with Crippen LogP contribution in [0.15, 0.2) is 0 Å². The number of ketones is 1. The summed E-state index contributed by atoms with van der Waals surface area (Å²) in [7, 11) is -4.37. The molecule has 0 aromatic carbocycles. The predicted molar refractivity (Wildman–Crippen MR) is 110 cm³/mol. The van der Waals surface area contributed by atoms with Crippen molar-refractivity contribution >= 4 is 19.3 Å². The van der Waals surface area contributed by atoms with Crippen molar-refractivity contribution in [3.8, 4) is 0 Å². The van der Waals surface area contributed by atoms with Crippen LogP contribution in [0.5, 0.6) is 0 Å². The molecule has 1 atom stereocenters. The number of nitrogens with one attached hydrogen (secondary N) is 1. The normalized spacial score (nSPS) is 12.7. The number of hydrogen-bond acceptors (Lipinski definition) is 3. The lowest BCUT2D eigenvalue weighted by atomic mass is 10.0. The van der Waals surface area contributed by atoms with E-state index in [-0.39, 0.29) is 5.91 Å². The Hall–Kier alpha value is -0.710. The van der Waals surface area contributed by atoms with Gasteiger partial charge in [-0.3, -0.25) is 14.2 Å². The maximum absolute atomic E-state index is 11.8. The van der Waals surface area contributed by atoms with Gasteiger partial charge >= 0.3 is 7.60 Å². The second-order valence-corrected chi connectivity index (χ2v) is 9.22. The smallest absolute Gasteiger partial charge is 0.333 e. The average Bonchev–Trinajstić information content (AvgIpc) is 2.57. The standard InChI is InChI=1S/C20H40NO5P/c1-3-4-5-6-7-8-9-10-11-12-13-14-15-16-20(23)21-18(2)19(22)17-27(24,25)26/h18H,3-17H2,1-2H3,(H,21,23)(H2,24,25,26)/t18-/m0/s1. The molecule has 27 heavy (non-hydrogen) atoms. The first-order valence-corrected chi connectivity index (χ1v) is 12.4. The van der Waals surface area contributed by atoms with Crippen molar-refractivity contribution in [2.45, 2.75) is 110 Å². The first-order chi connectivity index (χ1) is 12.8. The molecule has 0 saturated carbocycles. The fourth-order valence-corrected chi connectivity index (χ4v) is 3.72. The Morgan fingerprint density at radius 3 is 1.63 bits per heavy atom. The van der Waals surface area contributed by atoms with Crippen LogP contribution in [0.4, 0.5) is 0 Å². The van der Waals surface area contributed by atoms with Gasteiger partial charge in [0.05, 0.1) is 6.04 Å². The number of carbonyl (C=O) groups excluding carboxylic acids is 2. The molecule has 0 rings (SSSR count). The van der Waals surface area contributed by atoms with E-state index >= 15 is 0 Å². The molecule has 0 spiro atoms. The molecular formula is C20H40NO5P. The Morgan fingerprint density at radius 1 is 0.815 bits per heavy atom. The zero-order valence-electron chi connectivity index (χ0n) is 17.3. The highest BCUT2D eigenvalue weighted by Crippen LogP contribution is 2.34. The lowest BCUT2D eigenvalue weighted by molar-refractivity contribution is -0.126. The van der Waals surface area contributed by atoms with Crippen LogP contribution in [-0.4, -0.2) is 33.7 Å². The Labute approximate surface area is 165 Å². The van der Waals surface area contributed by atoms with E-state index in [4.69, 9.17) is 9.79 Å². The van der Waals surface area contributed by atoms with Gasteiger partial charge in [0.2, 0.25) is 5.91 Å². The molecular weight excluding hydrogens is 365 g/mol. The third-order valence-electron chi connectivity index (χ3n) is 4.73. The molecule has 7 heteroatoms. The summed E-state index contributed by atoms with van der Waals surface area (Å²) in [6.07, 6.45) is 15.6. The Balaban J connectivity index is 3.48. The van der Waals surface area contributed by atoms with Crippen molar-refractivity contribution in [3.05, 3.63) is 0 Å². The summed E-state index contributed by atoms with van der Waals surface area (Å²) in [6.45, 7) is 3.70. The monoisotopic (exact) mass is 405 g/mol. The fraction of sp³-hybridized carbons (Fsp3) is 0.900. The van der Waals surface area contributed by atoms with Crippen LogP contribution >= 0.6 is 7.60 Å². The van der Waals surface area contributed by atoms with Crippen LogP contribution in [0.25, 0.3) is 0 Å². The van der Waals surface area contributed by atoms with Gasteiger partial charge in [-0.1, -0.05) is 84.0 Å². The van der Waals surface area contributed by atoms with E-state index in [9.17, 15) is 14.2 Å². The first-order valence-electron chi connectivity index (χ1n) is 10.6. The topological polar surface area (TPSA) is 104 Å². The summed E-state index contributed by atoms with van der Waals surface area (Å²) in [5.74, 6) is -0.869. The van der Waals surface area contributed by atoms with Crippen LogP contribution in [0.3, 0.4) is 0 Å². The van der Waals surface area contributed by atoms with Gasteiger partial charge in [-0.15, -0.1) is 0 Å². The second kappa shape index (κ2) is 16.3. The zero-order valence-corrected chi connectivity index (χ0v) is 18.1. The number of Topliss-reactive ketones (excluding diaryl/α,β-unsaturated/α-hetero) is 1. The number of unbranched alkanes of at least 4 members (excludes halogenated alkanes) is 12. The highest BCUT2D eigenvalue weighted by molar-refractivity contribution is 7.52. The van der Waals surface area contributed by atoms with Crippen LogP contribution in [0, 0.1) is 0 Å². The van der Waals surface area contributed by atoms with Crippen molar-refractivity contribution in [1.29, 1.82) is 0 Å². The van der Waals surface area contributed by atoms with Crippen molar-refractivity contribution < 1.29 is 23.9 Å². The SMILES string of the molecule is CCCCCCCCCCCCCCCC(=O)N[C@@H](C)C(=O)CP(=O)(O)O. The number of rotatable bonds is 18. The summed E-state index contributed by atoms with van der Waals surface area (Å²) in [4.78, 5) is 40.9. The van der Waals surface area contributed by atoms with Crippen LogP contribution in [0.2, 0.25) is 0 Å². The highest BCUT2D eigenvalue weighted by Gasteiger charge is 2.24. The zero-order chi connectivity index (χ0) is 20.5. The van der Waals surface area contributed by atoms with E-state index in [0.717, 1.165) is 19.3 Å². The van der Waals surface area contributed by atoms with Gasteiger partial charge in [-0.2, -0.15) is 0 Å². The summed E-state index contributed by atoms with van der Waals surface area (Å²) in [6, 6.07) is -0.855. The molecule has 1 amide bonds. The van der Waals surface area contributed by atoms with E-state index in [0.29, 0.717) is 6.42 Å². The van der Waals surface area contributed by atoms with E-state index in [1.165, 1.54) is 71.1 Å². The Kier molecular flexibility index (Phi) is 15.8. The van der Waals surface area contributed by atoms with Crippen LogP contribution < -0.4 is 5.32 Å². The molecule has 0 saturated heterocycles. The van der Waals surface area contributed by atoms with Gasteiger partial charge in [0.25, 0.3) is 0 Å². The molecule has 0 aromatic rings. The quantitative estimate of drug-likeness (QED) is 0.226. The van der Waals surface area contributed by atoms with Gasteiger partial charge in [0.1, 0.15) is 6.16 Å². The number of amides is 1. The lowest BCUT2D eigenvalue weighted by Gasteiger charge is -2.13. The minimum Gasteiger partial charge on any atom is -0.347 e. The summed E-state index contributed by atoms with van der Waals surface area (Å²) < 4.78 is 10.8. The van der Waals surface area contributed by atoms with Gasteiger partial charge in [-0.25, -0.2) is 0 Å². The van der Waals surface area contributed by atoms with E-state index in [1.807, 2.05) is 0 Å². The highest BCUT2D eigenvalue weighted by atomic mass is 31.2. The maximum Gasteiger partial charge on any atom is 0.333 e. The Bertz CT molecular complexity index is 450. The van der Waals surface area contributed by atoms with Crippen molar-refractivity contribution in [2.75, 3.05) is 6.16 Å². The van der Waals surface area contributed by atoms with Crippen LogP contribution in [0.1, 0.15) is 104 Å². The molecule has 0 fully saturated rings. The molecule has 0 aliphatic carbocycles. The van der Waals surface area contributed by atoms with Gasteiger partial charge < -0.3 is 15.1 Å². The van der Waals surface area contributed by atoms with Crippen molar-refractivity contribution in [2.24, 2.45) is 0 Å². The average molecular weight is 406 g/mol. The molecule has 0 radical (unpaired) electrons. The molecule has 160 valence electrons. The number of carbonyl (C=O) groups is 2. The third-order valence-corrected chi connectivity index (χ3v) is 5.45. The summed E-state index contributed by atoms with van der Waals surface area (Å²) in [5, 5.41) is 2.51. The molecule has 0 bridgehead atoms. The maximum atomic E-state index is 11.8. The molecule has 0 aromatic heterocycles. The fourth-order valence-electron chi connectivity index (χ4n) is 3.04. The molecule has 0 heterocycles. The second-order valence-electron chi connectivity index (χ2n) is 7.57. The molecule has 0 aliphatic rings. The largest absolute Gasteiger partial charge is 0.347 e. The van der Waals surface area contributed by atoms with Gasteiger partial charge in [0.15, 0.2) is 5.78 Å². The molecule has 6 nitrogen and oxygen atoms in total. The molecule has 3 N–H and O–H groups in total. The minimum atomic E-state index is -4.37. The number of hydrogen-bond donors (Lipinski definition) is 3. The first kappa shape index (κ1) is 26.3. The lowest BCUT2D eigenvalue weighted by Crippen LogP contribution is -2.39. The van der Waals surface area contributed by atoms with Crippen LogP contribution in [-0.2, 0) is 14.2 Å². The van der Waals surface area contributed by atoms with E-state index in [2.05, 4.69) is 12.2 Å². The summed E-state index contributed by atoms with van der Waals surface area (Å²) >= 11 is 0.